The molecule has 1 unspecified atom stereocenters. The first-order valence-corrected chi connectivity index (χ1v) is 7.07. The van der Waals surface area contributed by atoms with Crippen LogP contribution in [0.1, 0.15) is 30.6 Å². The van der Waals surface area contributed by atoms with Crippen LogP contribution < -0.4 is 5.73 Å². The van der Waals surface area contributed by atoms with Gasteiger partial charge in [0.05, 0.1) is 10.6 Å². The van der Waals surface area contributed by atoms with Crippen LogP contribution in [-0.2, 0) is 0 Å². The molecule has 1 saturated heterocycles. The van der Waals surface area contributed by atoms with Crippen LogP contribution in [0.3, 0.4) is 0 Å². The molecule has 3 nitrogen and oxygen atoms in total. The van der Waals surface area contributed by atoms with E-state index >= 15 is 0 Å². The summed E-state index contributed by atoms with van der Waals surface area (Å²) < 4.78 is 0. The van der Waals surface area contributed by atoms with Crippen molar-refractivity contribution in [1.82, 2.24) is 4.90 Å². The summed E-state index contributed by atoms with van der Waals surface area (Å²) in [5.74, 6) is -0.0540. The maximum Gasteiger partial charge on any atom is 0.255 e. The molecule has 1 amide bonds. The summed E-state index contributed by atoms with van der Waals surface area (Å²) in [6, 6.07) is 5.07. The van der Waals surface area contributed by atoms with Crippen molar-refractivity contribution in [3.63, 3.8) is 0 Å². The molecule has 1 aromatic carbocycles. The lowest BCUT2D eigenvalue weighted by molar-refractivity contribution is 0.0533. The Kier molecular flexibility index (Phi) is 5.73. The quantitative estimate of drug-likeness (QED) is 0.851. The molecular formula is C14H19Cl3N2O. The number of carbonyl (C=O) groups is 1. The van der Waals surface area contributed by atoms with Gasteiger partial charge >= 0.3 is 0 Å². The Balaban J connectivity index is 0.00000200. The van der Waals surface area contributed by atoms with E-state index in [0.29, 0.717) is 28.7 Å². The maximum absolute atomic E-state index is 12.5. The molecule has 0 aromatic heterocycles. The molecule has 6 heteroatoms. The summed E-state index contributed by atoms with van der Waals surface area (Å²) in [7, 11) is 0. The lowest BCUT2D eigenvalue weighted by Gasteiger charge is -2.42. The number of carbonyl (C=O) groups excluding carboxylic acids is 1. The number of hydrogen-bond acceptors (Lipinski definition) is 2. The Labute approximate surface area is 135 Å². The molecule has 1 heterocycles. The summed E-state index contributed by atoms with van der Waals surface area (Å²) in [6.45, 7) is 5.48. The van der Waals surface area contributed by atoms with Crippen molar-refractivity contribution in [2.45, 2.75) is 26.3 Å². The van der Waals surface area contributed by atoms with Crippen LogP contribution >= 0.6 is 35.6 Å². The van der Waals surface area contributed by atoms with E-state index in [1.54, 1.807) is 18.2 Å². The molecule has 0 radical (unpaired) electrons. The first kappa shape index (κ1) is 17.6. The monoisotopic (exact) mass is 336 g/mol. The van der Waals surface area contributed by atoms with Gasteiger partial charge in [-0.3, -0.25) is 4.79 Å². The lowest BCUT2D eigenvalue weighted by Crippen LogP contribution is -2.54. The van der Waals surface area contributed by atoms with E-state index in [9.17, 15) is 4.79 Å². The van der Waals surface area contributed by atoms with Crippen LogP contribution in [0, 0.1) is 5.41 Å². The molecular weight excluding hydrogens is 319 g/mol. The number of nitrogens with zero attached hydrogens (tertiary/aromatic N) is 1. The minimum absolute atomic E-state index is 0. The largest absolute Gasteiger partial charge is 0.338 e. The van der Waals surface area contributed by atoms with Gasteiger partial charge < -0.3 is 10.6 Å². The van der Waals surface area contributed by atoms with Crippen molar-refractivity contribution in [2.24, 2.45) is 11.1 Å². The molecule has 0 saturated carbocycles. The van der Waals surface area contributed by atoms with Gasteiger partial charge in [0.25, 0.3) is 5.91 Å². The molecule has 1 aliphatic rings. The zero-order valence-electron chi connectivity index (χ0n) is 11.5. The Hall–Kier alpha value is -0.480. The van der Waals surface area contributed by atoms with Crippen LogP contribution in [0.15, 0.2) is 18.2 Å². The van der Waals surface area contributed by atoms with Gasteiger partial charge in [0.2, 0.25) is 0 Å². The normalized spacial score (nSPS) is 21.2. The van der Waals surface area contributed by atoms with E-state index in [-0.39, 0.29) is 29.8 Å². The number of halogens is 3. The Morgan fingerprint density at radius 2 is 2.05 bits per heavy atom. The third-order valence-corrected chi connectivity index (χ3v) is 4.31. The van der Waals surface area contributed by atoms with E-state index in [4.69, 9.17) is 28.9 Å². The lowest BCUT2D eigenvalue weighted by atomic mass is 9.79. The molecule has 112 valence electrons. The average Bonchev–Trinajstić information content (AvgIpc) is 2.32. The number of piperidine rings is 1. The van der Waals surface area contributed by atoms with E-state index in [0.717, 1.165) is 6.42 Å². The second-order valence-electron chi connectivity index (χ2n) is 5.73. The summed E-state index contributed by atoms with van der Waals surface area (Å²) in [5.41, 5.74) is 6.50. The third kappa shape index (κ3) is 3.59. The molecule has 1 aromatic rings. The second-order valence-corrected chi connectivity index (χ2v) is 6.58. The average molecular weight is 338 g/mol. The van der Waals surface area contributed by atoms with Gasteiger partial charge in [0.1, 0.15) is 0 Å². The van der Waals surface area contributed by atoms with Gasteiger partial charge in [-0.2, -0.15) is 0 Å². The number of hydrogen-bond donors (Lipinski definition) is 1. The highest BCUT2D eigenvalue weighted by Gasteiger charge is 2.35. The minimum atomic E-state index is -0.0766. The zero-order valence-corrected chi connectivity index (χ0v) is 13.9. The molecule has 1 aliphatic heterocycles. The van der Waals surface area contributed by atoms with E-state index in [2.05, 4.69) is 13.8 Å². The van der Waals surface area contributed by atoms with Gasteiger partial charge in [-0.05, 0) is 30.0 Å². The number of benzene rings is 1. The summed E-state index contributed by atoms with van der Waals surface area (Å²) >= 11 is 11.9. The summed E-state index contributed by atoms with van der Waals surface area (Å²) in [5, 5.41) is 0.924. The van der Waals surface area contributed by atoms with Gasteiger partial charge in [-0.1, -0.05) is 37.0 Å². The molecule has 2 N–H and O–H groups in total. The molecule has 0 aliphatic carbocycles. The number of likely N-dealkylation sites (tertiary alicyclic amines) is 1. The molecule has 2 rings (SSSR count). The SMILES string of the molecule is CC1(C)CN(C(=O)c2ccc(Cl)cc2Cl)CCC1N.Cl. The molecule has 0 spiro atoms. The topological polar surface area (TPSA) is 46.3 Å². The Bertz CT molecular complexity index is 505. The van der Waals surface area contributed by atoms with E-state index in [1.807, 2.05) is 4.90 Å². The fourth-order valence-corrected chi connectivity index (χ4v) is 2.87. The van der Waals surface area contributed by atoms with Crippen LogP contribution in [0.4, 0.5) is 0 Å². The predicted octanol–water partition coefficient (Wildman–Crippen LogP) is 3.61. The van der Waals surface area contributed by atoms with Crippen molar-refractivity contribution < 1.29 is 4.79 Å². The predicted molar refractivity (Wildman–Crippen MR) is 86.0 cm³/mol. The third-order valence-electron chi connectivity index (χ3n) is 3.76. The van der Waals surface area contributed by atoms with Gasteiger partial charge in [0, 0.05) is 24.2 Å². The summed E-state index contributed by atoms with van der Waals surface area (Å²) in [6.07, 6.45) is 0.809. The van der Waals surface area contributed by atoms with Crippen molar-refractivity contribution in [2.75, 3.05) is 13.1 Å². The highest BCUT2D eigenvalue weighted by molar-refractivity contribution is 6.36. The fourth-order valence-electron chi connectivity index (χ4n) is 2.38. The number of nitrogens with two attached hydrogens (primary N) is 1. The first-order valence-electron chi connectivity index (χ1n) is 6.31. The fraction of sp³-hybridized carbons (Fsp3) is 0.500. The Morgan fingerprint density at radius 3 is 2.60 bits per heavy atom. The Morgan fingerprint density at radius 1 is 1.40 bits per heavy atom. The molecule has 1 atom stereocenters. The molecule has 0 bridgehead atoms. The smallest absolute Gasteiger partial charge is 0.255 e. The maximum atomic E-state index is 12.5. The van der Waals surface area contributed by atoms with Crippen molar-refractivity contribution >= 4 is 41.5 Å². The van der Waals surface area contributed by atoms with Crippen LogP contribution in [-0.4, -0.2) is 29.9 Å². The highest BCUT2D eigenvalue weighted by atomic mass is 35.5. The summed E-state index contributed by atoms with van der Waals surface area (Å²) in [4.78, 5) is 14.3. The highest BCUT2D eigenvalue weighted by Crippen LogP contribution is 2.30. The first-order chi connectivity index (χ1) is 8.81. The van der Waals surface area contributed by atoms with Crippen molar-refractivity contribution in [3.8, 4) is 0 Å². The second kappa shape index (κ2) is 6.52. The van der Waals surface area contributed by atoms with Crippen molar-refractivity contribution in [3.05, 3.63) is 33.8 Å². The molecule has 20 heavy (non-hydrogen) atoms. The van der Waals surface area contributed by atoms with Crippen LogP contribution in [0.5, 0.6) is 0 Å². The van der Waals surface area contributed by atoms with E-state index < -0.39 is 0 Å². The number of rotatable bonds is 1. The van der Waals surface area contributed by atoms with Gasteiger partial charge in [-0.15, -0.1) is 12.4 Å². The van der Waals surface area contributed by atoms with E-state index in [1.165, 1.54) is 0 Å². The van der Waals surface area contributed by atoms with Crippen LogP contribution in [0.25, 0.3) is 0 Å². The van der Waals surface area contributed by atoms with Crippen LogP contribution in [0.2, 0.25) is 10.0 Å². The van der Waals surface area contributed by atoms with Gasteiger partial charge in [0.15, 0.2) is 0 Å². The molecule has 1 fully saturated rings. The zero-order chi connectivity index (χ0) is 14.2. The minimum Gasteiger partial charge on any atom is -0.338 e. The van der Waals surface area contributed by atoms with Gasteiger partial charge in [-0.25, -0.2) is 0 Å². The van der Waals surface area contributed by atoms with Crippen molar-refractivity contribution in [1.29, 1.82) is 0 Å². The number of amides is 1. The standard InChI is InChI=1S/C14H18Cl2N2O.ClH/c1-14(2)8-18(6-5-12(14)17)13(19)10-4-3-9(15)7-11(10)16;/h3-4,7,12H,5-6,8,17H2,1-2H3;1H.